The molecule has 0 bridgehead atoms. The molecule has 2 aromatic rings. The van der Waals surface area contributed by atoms with Crippen LogP contribution in [0.25, 0.3) is 10.8 Å². The molecule has 0 saturated carbocycles. The molecule has 0 saturated heterocycles. The number of benzene rings is 2. The van der Waals surface area contributed by atoms with Crippen LogP contribution in [0.4, 0.5) is 0 Å². The molecule has 2 aromatic carbocycles. The smallest absolute Gasteiger partial charge is 0.161 e. The van der Waals surface area contributed by atoms with Crippen LogP contribution in [0.5, 0.6) is 11.5 Å². The fraction of sp³-hybridized carbons (Fsp3) is 0.267. The standard InChI is InChI=1S/C15H17NO4/c1-9(16-18)15(17)11-5-4-10-7-13(19-2)14(20-3)8-12(10)6-11/h4-8,15,17-18H,1-3H3/b16-9+. The average molecular weight is 275 g/mol. The third kappa shape index (κ3) is 2.53. The Morgan fingerprint density at radius 2 is 1.65 bits per heavy atom. The summed E-state index contributed by atoms with van der Waals surface area (Å²) < 4.78 is 10.5. The molecule has 0 aliphatic rings. The highest BCUT2D eigenvalue weighted by molar-refractivity contribution is 5.90. The second-order valence-corrected chi connectivity index (χ2v) is 4.46. The number of oxime groups is 1. The highest BCUT2D eigenvalue weighted by Gasteiger charge is 2.13. The van der Waals surface area contributed by atoms with Gasteiger partial charge in [-0.2, -0.15) is 0 Å². The van der Waals surface area contributed by atoms with Crippen LogP contribution >= 0.6 is 0 Å². The maximum Gasteiger partial charge on any atom is 0.161 e. The van der Waals surface area contributed by atoms with Crippen molar-refractivity contribution < 1.29 is 19.8 Å². The zero-order valence-corrected chi connectivity index (χ0v) is 11.6. The van der Waals surface area contributed by atoms with Gasteiger partial charge < -0.3 is 19.8 Å². The lowest BCUT2D eigenvalue weighted by molar-refractivity contribution is 0.234. The van der Waals surface area contributed by atoms with Gasteiger partial charge in [-0.1, -0.05) is 17.3 Å². The van der Waals surface area contributed by atoms with Crippen LogP contribution in [-0.2, 0) is 0 Å². The van der Waals surface area contributed by atoms with Crippen molar-refractivity contribution in [3.8, 4) is 11.5 Å². The van der Waals surface area contributed by atoms with Gasteiger partial charge in [0.15, 0.2) is 11.5 Å². The van der Waals surface area contributed by atoms with Crippen molar-refractivity contribution in [2.45, 2.75) is 13.0 Å². The molecule has 1 atom stereocenters. The van der Waals surface area contributed by atoms with Gasteiger partial charge in [0.25, 0.3) is 0 Å². The zero-order valence-electron chi connectivity index (χ0n) is 11.6. The Bertz CT molecular complexity index is 652. The van der Waals surface area contributed by atoms with Gasteiger partial charge >= 0.3 is 0 Å². The molecular weight excluding hydrogens is 258 g/mol. The predicted octanol–water partition coefficient (Wildman–Crippen LogP) is 2.74. The fourth-order valence-corrected chi connectivity index (χ4v) is 2.06. The lowest BCUT2D eigenvalue weighted by Gasteiger charge is -2.12. The number of methoxy groups -OCH3 is 2. The van der Waals surface area contributed by atoms with Gasteiger partial charge in [-0.05, 0) is 41.5 Å². The van der Waals surface area contributed by atoms with Crippen LogP contribution in [0.3, 0.4) is 0 Å². The normalized spacial score (nSPS) is 13.3. The molecule has 0 aromatic heterocycles. The van der Waals surface area contributed by atoms with Gasteiger partial charge in [-0.25, -0.2) is 0 Å². The van der Waals surface area contributed by atoms with Crippen LogP contribution in [0.15, 0.2) is 35.5 Å². The molecule has 0 amide bonds. The van der Waals surface area contributed by atoms with E-state index in [4.69, 9.17) is 14.7 Å². The molecular formula is C15H17NO4. The minimum atomic E-state index is -0.933. The van der Waals surface area contributed by atoms with Crippen molar-refractivity contribution >= 4 is 16.5 Å². The molecule has 0 radical (unpaired) electrons. The fourth-order valence-electron chi connectivity index (χ4n) is 2.06. The largest absolute Gasteiger partial charge is 0.493 e. The number of fused-ring (bicyclic) bond motifs is 1. The van der Waals surface area contributed by atoms with E-state index in [0.29, 0.717) is 17.1 Å². The molecule has 0 heterocycles. The summed E-state index contributed by atoms with van der Waals surface area (Å²) in [6, 6.07) is 9.21. The first-order chi connectivity index (χ1) is 9.60. The van der Waals surface area contributed by atoms with Crippen LogP contribution in [-0.4, -0.2) is 30.2 Å². The summed E-state index contributed by atoms with van der Waals surface area (Å²) in [6.07, 6.45) is -0.933. The SMILES string of the molecule is COc1cc2ccc(C(O)/C(C)=N/O)cc2cc1OC. The van der Waals surface area contributed by atoms with Gasteiger partial charge in [0, 0.05) is 0 Å². The van der Waals surface area contributed by atoms with Gasteiger partial charge in [0.2, 0.25) is 0 Å². The molecule has 5 heteroatoms. The molecule has 106 valence electrons. The molecule has 2 rings (SSSR count). The van der Waals surface area contributed by atoms with E-state index < -0.39 is 6.10 Å². The highest BCUT2D eigenvalue weighted by Crippen LogP contribution is 2.33. The first kappa shape index (κ1) is 14.1. The van der Waals surface area contributed by atoms with Crippen molar-refractivity contribution in [2.24, 2.45) is 5.16 Å². The predicted molar refractivity (Wildman–Crippen MR) is 76.9 cm³/mol. The second-order valence-electron chi connectivity index (χ2n) is 4.46. The van der Waals surface area contributed by atoms with Crippen molar-refractivity contribution in [3.63, 3.8) is 0 Å². The van der Waals surface area contributed by atoms with E-state index in [-0.39, 0.29) is 5.71 Å². The zero-order chi connectivity index (χ0) is 14.7. The quantitative estimate of drug-likeness (QED) is 0.511. The van der Waals surface area contributed by atoms with Crippen LogP contribution in [0.1, 0.15) is 18.6 Å². The maximum absolute atomic E-state index is 10.0. The summed E-state index contributed by atoms with van der Waals surface area (Å²) >= 11 is 0. The Kier molecular flexibility index (Phi) is 4.10. The number of hydrogen-bond acceptors (Lipinski definition) is 5. The molecule has 0 fully saturated rings. The van der Waals surface area contributed by atoms with Crippen molar-refractivity contribution in [2.75, 3.05) is 14.2 Å². The Balaban J connectivity index is 2.54. The van der Waals surface area contributed by atoms with E-state index in [1.165, 1.54) is 0 Å². The number of nitrogens with zero attached hydrogens (tertiary/aromatic N) is 1. The van der Waals surface area contributed by atoms with Gasteiger partial charge in [-0.3, -0.25) is 0 Å². The number of hydrogen-bond donors (Lipinski definition) is 2. The Hall–Kier alpha value is -2.27. The van der Waals surface area contributed by atoms with Gasteiger partial charge in [0.05, 0.1) is 19.9 Å². The van der Waals surface area contributed by atoms with E-state index in [1.807, 2.05) is 24.3 Å². The maximum atomic E-state index is 10.0. The summed E-state index contributed by atoms with van der Waals surface area (Å²) in [5, 5.41) is 23.7. The van der Waals surface area contributed by atoms with E-state index in [1.54, 1.807) is 27.2 Å². The molecule has 20 heavy (non-hydrogen) atoms. The van der Waals surface area contributed by atoms with E-state index in [2.05, 4.69) is 5.16 Å². The average Bonchev–Trinajstić information content (AvgIpc) is 2.51. The molecule has 1 unspecified atom stereocenters. The van der Waals surface area contributed by atoms with Crippen molar-refractivity contribution in [1.82, 2.24) is 0 Å². The molecule has 5 nitrogen and oxygen atoms in total. The lowest BCUT2D eigenvalue weighted by atomic mass is 10.0. The molecule has 2 N–H and O–H groups in total. The number of rotatable bonds is 4. The summed E-state index contributed by atoms with van der Waals surface area (Å²) in [7, 11) is 3.16. The second kappa shape index (κ2) is 5.79. The number of ether oxygens (including phenoxy) is 2. The summed E-state index contributed by atoms with van der Waals surface area (Å²) in [5.74, 6) is 1.28. The third-order valence-corrected chi connectivity index (χ3v) is 3.24. The first-order valence-electron chi connectivity index (χ1n) is 6.13. The molecule has 0 aliphatic heterocycles. The third-order valence-electron chi connectivity index (χ3n) is 3.24. The molecule has 0 aliphatic carbocycles. The Morgan fingerprint density at radius 1 is 1.05 bits per heavy atom. The summed E-state index contributed by atoms with van der Waals surface area (Å²) in [4.78, 5) is 0. The van der Waals surface area contributed by atoms with E-state index >= 15 is 0 Å². The highest BCUT2D eigenvalue weighted by atomic mass is 16.5. The first-order valence-corrected chi connectivity index (χ1v) is 6.13. The van der Waals surface area contributed by atoms with Crippen LogP contribution in [0.2, 0.25) is 0 Å². The topological polar surface area (TPSA) is 71.3 Å². The minimum absolute atomic E-state index is 0.241. The Labute approximate surface area is 117 Å². The van der Waals surface area contributed by atoms with Gasteiger partial charge in [-0.15, -0.1) is 0 Å². The van der Waals surface area contributed by atoms with Crippen LogP contribution < -0.4 is 9.47 Å². The Morgan fingerprint density at radius 3 is 2.20 bits per heavy atom. The van der Waals surface area contributed by atoms with E-state index in [0.717, 1.165) is 10.8 Å². The van der Waals surface area contributed by atoms with E-state index in [9.17, 15) is 5.11 Å². The van der Waals surface area contributed by atoms with Crippen LogP contribution in [0, 0.1) is 0 Å². The summed E-state index contributed by atoms with van der Waals surface area (Å²) in [5.41, 5.74) is 0.893. The minimum Gasteiger partial charge on any atom is -0.493 e. The number of aliphatic hydroxyl groups is 1. The lowest BCUT2D eigenvalue weighted by Crippen LogP contribution is -2.08. The molecule has 0 spiro atoms. The van der Waals surface area contributed by atoms with Crippen molar-refractivity contribution in [3.05, 3.63) is 35.9 Å². The number of aliphatic hydroxyl groups excluding tert-OH is 1. The van der Waals surface area contributed by atoms with Gasteiger partial charge in [0.1, 0.15) is 6.10 Å². The summed E-state index contributed by atoms with van der Waals surface area (Å²) in [6.45, 7) is 1.56. The monoisotopic (exact) mass is 275 g/mol. The van der Waals surface area contributed by atoms with Crippen molar-refractivity contribution in [1.29, 1.82) is 0 Å².